The fraction of sp³-hybridized carbons (Fsp3) is 0.211. The van der Waals surface area contributed by atoms with E-state index in [0.29, 0.717) is 10.6 Å². The number of carbonyl (C=O) groups is 3. The van der Waals surface area contributed by atoms with E-state index < -0.39 is 23.6 Å². The first-order chi connectivity index (χ1) is 12.6. The molecule has 1 aliphatic heterocycles. The Bertz CT molecular complexity index is 824. The number of hydrogen-bond acceptors (Lipinski definition) is 5. The van der Waals surface area contributed by atoms with E-state index in [9.17, 15) is 14.4 Å². The summed E-state index contributed by atoms with van der Waals surface area (Å²) in [5, 5.41) is 1.69. The molecule has 0 unspecified atom stereocenters. The van der Waals surface area contributed by atoms with Crippen molar-refractivity contribution in [1.29, 1.82) is 0 Å². The summed E-state index contributed by atoms with van der Waals surface area (Å²) >= 11 is 0. The maximum absolute atomic E-state index is 13.1. The van der Waals surface area contributed by atoms with Gasteiger partial charge in [-0.3, -0.25) is 4.79 Å². The van der Waals surface area contributed by atoms with Crippen molar-refractivity contribution in [2.45, 2.75) is 12.0 Å². The predicted molar refractivity (Wildman–Crippen MR) is 91.8 cm³/mol. The third-order valence-electron chi connectivity index (χ3n) is 4.36. The zero-order valence-electron chi connectivity index (χ0n) is 14.4. The van der Waals surface area contributed by atoms with Crippen LogP contribution < -0.4 is 0 Å². The predicted octanol–water partition coefficient (Wildman–Crippen LogP) is 2.72. The van der Waals surface area contributed by atoms with Crippen molar-refractivity contribution < 1.29 is 23.9 Å². The van der Waals surface area contributed by atoms with E-state index >= 15 is 0 Å². The number of carbonyl (C=O) groups excluding carboxylic acids is 3. The van der Waals surface area contributed by atoms with Crippen LogP contribution in [0.5, 0.6) is 0 Å². The smallest absolute Gasteiger partial charge is 0.436 e. The number of methoxy groups -OCH3 is 2. The maximum atomic E-state index is 13.1. The lowest BCUT2D eigenvalue weighted by Gasteiger charge is -2.54. The highest BCUT2D eigenvalue weighted by Gasteiger charge is 2.66. The van der Waals surface area contributed by atoms with E-state index in [1.807, 2.05) is 36.4 Å². The second-order valence-corrected chi connectivity index (χ2v) is 5.76. The van der Waals surface area contributed by atoms with Crippen molar-refractivity contribution in [3.63, 3.8) is 0 Å². The fourth-order valence-electron chi connectivity index (χ4n) is 3.16. The Morgan fingerprint density at radius 3 is 1.96 bits per heavy atom. The van der Waals surface area contributed by atoms with Gasteiger partial charge in [-0.15, -0.1) is 5.01 Å². The molecule has 3 rings (SSSR count). The topological polar surface area (TPSA) is 76.2 Å². The van der Waals surface area contributed by atoms with Gasteiger partial charge in [-0.1, -0.05) is 60.7 Å². The molecule has 0 N–H and O–H groups in total. The second kappa shape index (κ2) is 6.87. The molecule has 1 saturated heterocycles. The van der Waals surface area contributed by atoms with Gasteiger partial charge >= 0.3 is 12.2 Å². The molecule has 0 aliphatic carbocycles. The fourth-order valence-corrected chi connectivity index (χ4v) is 3.16. The van der Waals surface area contributed by atoms with Crippen molar-refractivity contribution in [2.24, 2.45) is 0 Å². The number of ether oxygens (including phenoxy) is 2. The Hall–Kier alpha value is -3.35. The van der Waals surface area contributed by atoms with Gasteiger partial charge < -0.3 is 9.47 Å². The van der Waals surface area contributed by atoms with Gasteiger partial charge in [-0.25, -0.2) is 9.59 Å². The van der Waals surface area contributed by atoms with Crippen LogP contribution >= 0.6 is 0 Å². The molecule has 0 saturated carbocycles. The van der Waals surface area contributed by atoms with Crippen molar-refractivity contribution in [2.75, 3.05) is 14.2 Å². The van der Waals surface area contributed by atoms with E-state index in [0.717, 1.165) is 17.7 Å². The second-order valence-electron chi connectivity index (χ2n) is 5.76. The van der Waals surface area contributed by atoms with E-state index in [2.05, 4.69) is 4.74 Å². The summed E-state index contributed by atoms with van der Waals surface area (Å²) in [5.74, 6) is -0.551. The minimum absolute atomic E-state index is 0.194. The normalized spacial score (nSPS) is 18.9. The molecule has 1 heterocycles. The molecule has 134 valence electrons. The van der Waals surface area contributed by atoms with Gasteiger partial charge in [0.15, 0.2) is 5.54 Å². The number of imide groups is 1. The summed E-state index contributed by atoms with van der Waals surface area (Å²) in [5.41, 5.74) is 0.0340. The zero-order valence-corrected chi connectivity index (χ0v) is 14.4. The third-order valence-corrected chi connectivity index (χ3v) is 4.36. The van der Waals surface area contributed by atoms with Crippen LogP contribution in [0.15, 0.2) is 60.7 Å². The number of hydrazine groups is 1. The number of benzene rings is 2. The van der Waals surface area contributed by atoms with Crippen LogP contribution in [0.3, 0.4) is 0 Å². The van der Waals surface area contributed by atoms with Crippen molar-refractivity contribution in [3.05, 3.63) is 71.8 Å². The minimum atomic E-state index is -1.39. The average molecular weight is 354 g/mol. The summed E-state index contributed by atoms with van der Waals surface area (Å²) in [6, 6.07) is 18.1. The summed E-state index contributed by atoms with van der Waals surface area (Å²) in [6.45, 7) is 0. The van der Waals surface area contributed by atoms with Crippen LogP contribution in [-0.2, 0) is 26.2 Å². The van der Waals surface area contributed by atoms with Crippen LogP contribution in [0.25, 0.3) is 0 Å². The van der Waals surface area contributed by atoms with Crippen molar-refractivity contribution in [1.82, 2.24) is 10.0 Å². The van der Waals surface area contributed by atoms with E-state index in [1.165, 1.54) is 7.11 Å². The van der Waals surface area contributed by atoms with Crippen molar-refractivity contribution in [3.8, 4) is 0 Å². The molecule has 0 bridgehead atoms. The Kier molecular flexibility index (Phi) is 4.62. The number of hydrogen-bond donors (Lipinski definition) is 0. The zero-order chi connectivity index (χ0) is 18.7. The van der Waals surface area contributed by atoms with Crippen LogP contribution in [-0.4, -0.2) is 42.3 Å². The molecule has 1 atom stereocenters. The molecule has 1 aliphatic rings. The first-order valence-electron chi connectivity index (χ1n) is 7.96. The van der Waals surface area contributed by atoms with E-state index in [4.69, 9.17) is 4.74 Å². The molecule has 1 fully saturated rings. The first-order valence-corrected chi connectivity index (χ1v) is 7.96. The highest BCUT2D eigenvalue weighted by molar-refractivity contribution is 6.06. The summed E-state index contributed by atoms with van der Waals surface area (Å²) < 4.78 is 9.47. The molecule has 7 heteroatoms. The lowest BCUT2D eigenvalue weighted by Crippen LogP contribution is -2.78. The van der Waals surface area contributed by atoms with Crippen LogP contribution in [0, 0.1) is 0 Å². The molecule has 0 radical (unpaired) electrons. The van der Waals surface area contributed by atoms with Gasteiger partial charge in [-0.2, -0.15) is 5.01 Å². The number of amides is 3. The monoisotopic (exact) mass is 354 g/mol. The molecule has 7 nitrogen and oxygen atoms in total. The average Bonchev–Trinajstić information content (AvgIpc) is 2.70. The number of rotatable bonds is 3. The van der Waals surface area contributed by atoms with E-state index in [1.54, 1.807) is 24.3 Å². The van der Waals surface area contributed by atoms with Gasteiger partial charge in [0.05, 0.1) is 14.2 Å². The van der Waals surface area contributed by atoms with Crippen LogP contribution in [0.1, 0.15) is 11.1 Å². The lowest BCUT2D eigenvalue weighted by atomic mass is 9.79. The minimum Gasteiger partial charge on any atom is -0.451 e. The summed E-state index contributed by atoms with van der Waals surface area (Å²) in [6.07, 6.45) is -1.57. The van der Waals surface area contributed by atoms with Gasteiger partial charge in [0, 0.05) is 6.42 Å². The largest absolute Gasteiger partial charge is 0.451 e. The summed E-state index contributed by atoms with van der Waals surface area (Å²) in [7, 11) is 2.34. The Labute approximate surface area is 150 Å². The standard InChI is InChI=1S/C19H18N2O5/c1-25-17(23)20-16(22)19(21(20)18(24)26-2,15-11-7-4-8-12-15)13-14-9-5-3-6-10-14/h3-12H,13H2,1-2H3/t19-/m1/s1. The number of nitrogens with zero attached hydrogens (tertiary/aromatic N) is 2. The van der Waals surface area contributed by atoms with E-state index in [-0.39, 0.29) is 6.42 Å². The van der Waals surface area contributed by atoms with Crippen LogP contribution in [0.2, 0.25) is 0 Å². The molecule has 26 heavy (non-hydrogen) atoms. The quantitative estimate of drug-likeness (QED) is 0.847. The van der Waals surface area contributed by atoms with Gasteiger partial charge in [0.25, 0.3) is 5.91 Å². The Morgan fingerprint density at radius 1 is 0.885 bits per heavy atom. The maximum Gasteiger partial charge on any atom is 0.436 e. The van der Waals surface area contributed by atoms with Gasteiger partial charge in [0.2, 0.25) is 0 Å². The third kappa shape index (κ3) is 2.57. The van der Waals surface area contributed by atoms with Crippen molar-refractivity contribution >= 4 is 18.1 Å². The molecule has 3 amide bonds. The SMILES string of the molecule is COC(=O)N1C(=O)[C@@](Cc2ccccc2)(c2ccccc2)N1C(=O)OC. The molecule has 0 aromatic heterocycles. The lowest BCUT2D eigenvalue weighted by molar-refractivity contribution is -0.201. The highest BCUT2D eigenvalue weighted by Crippen LogP contribution is 2.44. The van der Waals surface area contributed by atoms with Crippen LogP contribution in [0.4, 0.5) is 9.59 Å². The Morgan fingerprint density at radius 2 is 1.42 bits per heavy atom. The molecule has 2 aromatic rings. The first kappa shape index (κ1) is 17.5. The molecular formula is C19H18N2O5. The molecule has 2 aromatic carbocycles. The van der Waals surface area contributed by atoms with Gasteiger partial charge in [0.1, 0.15) is 0 Å². The summed E-state index contributed by atoms with van der Waals surface area (Å²) in [4.78, 5) is 37.6. The Balaban J connectivity index is 2.14. The molecule has 0 spiro atoms. The highest BCUT2D eigenvalue weighted by atomic mass is 16.6. The van der Waals surface area contributed by atoms with Gasteiger partial charge in [-0.05, 0) is 11.1 Å². The molecular weight excluding hydrogens is 336 g/mol.